The molecule has 1 heterocycles. The van der Waals surface area contributed by atoms with Crippen LogP contribution in [0.1, 0.15) is 16.1 Å². The van der Waals surface area contributed by atoms with Gasteiger partial charge in [-0.3, -0.25) is 14.9 Å². The second-order valence-corrected chi connectivity index (χ2v) is 7.57. The van der Waals surface area contributed by atoms with Gasteiger partial charge in [-0.25, -0.2) is 4.98 Å². The maximum atomic E-state index is 12.2. The minimum atomic E-state index is -0.275. The molecule has 2 aromatic carbocycles. The molecule has 0 fully saturated rings. The topological polar surface area (TPSA) is 74.3 Å². The summed E-state index contributed by atoms with van der Waals surface area (Å²) in [6, 6.07) is 14.2. The van der Waals surface area contributed by atoms with Crippen LogP contribution >= 0.6 is 22.9 Å². The van der Waals surface area contributed by atoms with Gasteiger partial charge in [0.25, 0.3) is 5.91 Å². The lowest BCUT2D eigenvalue weighted by Crippen LogP contribution is -2.15. The van der Waals surface area contributed by atoms with E-state index in [4.69, 9.17) is 11.6 Å². The number of thiazole rings is 1. The summed E-state index contributed by atoms with van der Waals surface area (Å²) in [4.78, 5) is 30.7. The normalized spacial score (nSPS) is 10.4. The van der Waals surface area contributed by atoms with Crippen molar-refractivity contribution in [3.05, 3.63) is 70.2 Å². The van der Waals surface area contributed by atoms with E-state index < -0.39 is 0 Å². The largest absolute Gasteiger partial charge is 0.378 e. The van der Waals surface area contributed by atoms with Crippen LogP contribution in [0.3, 0.4) is 0 Å². The van der Waals surface area contributed by atoms with Crippen molar-refractivity contribution in [1.29, 1.82) is 0 Å². The molecule has 0 saturated carbocycles. The molecule has 0 radical (unpaired) electrons. The van der Waals surface area contributed by atoms with Gasteiger partial charge >= 0.3 is 0 Å². The van der Waals surface area contributed by atoms with Crippen molar-refractivity contribution in [2.24, 2.45) is 0 Å². The first-order chi connectivity index (χ1) is 13.4. The number of nitrogens with one attached hydrogen (secondary N) is 2. The fourth-order valence-electron chi connectivity index (χ4n) is 2.43. The molecule has 1 aromatic heterocycles. The number of halogens is 1. The van der Waals surface area contributed by atoms with Crippen LogP contribution in [0.2, 0.25) is 5.02 Å². The Morgan fingerprint density at radius 3 is 2.36 bits per heavy atom. The summed E-state index contributed by atoms with van der Waals surface area (Å²) >= 11 is 7.10. The molecule has 0 aliphatic heterocycles. The second kappa shape index (κ2) is 8.86. The third-order valence-electron chi connectivity index (χ3n) is 3.89. The van der Waals surface area contributed by atoms with Crippen LogP contribution in [-0.2, 0) is 11.2 Å². The Morgan fingerprint density at radius 2 is 1.71 bits per heavy atom. The van der Waals surface area contributed by atoms with Gasteiger partial charge in [0.15, 0.2) is 5.13 Å². The van der Waals surface area contributed by atoms with Crippen LogP contribution in [0.15, 0.2) is 53.9 Å². The Bertz CT molecular complexity index is 969. The highest BCUT2D eigenvalue weighted by atomic mass is 35.5. The van der Waals surface area contributed by atoms with Crippen molar-refractivity contribution < 1.29 is 9.59 Å². The summed E-state index contributed by atoms with van der Waals surface area (Å²) in [6.45, 7) is 0. The molecule has 0 unspecified atom stereocenters. The van der Waals surface area contributed by atoms with E-state index >= 15 is 0 Å². The van der Waals surface area contributed by atoms with Gasteiger partial charge in [-0.1, -0.05) is 11.6 Å². The number of aromatic nitrogens is 1. The van der Waals surface area contributed by atoms with Crippen molar-refractivity contribution in [2.45, 2.75) is 6.42 Å². The molecule has 3 aromatic rings. The molecule has 0 spiro atoms. The maximum absolute atomic E-state index is 12.2. The SMILES string of the molecule is CN(C)c1ccc(NC(=O)Cc2csc(NC(=O)c3ccc(Cl)cc3)n2)cc1. The van der Waals surface area contributed by atoms with Gasteiger partial charge in [0.05, 0.1) is 12.1 Å². The predicted molar refractivity (Wildman–Crippen MR) is 115 cm³/mol. The van der Waals surface area contributed by atoms with E-state index in [1.807, 2.05) is 43.3 Å². The monoisotopic (exact) mass is 414 g/mol. The Morgan fingerprint density at radius 1 is 1.04 bits per heavy atom. The molecular weight excluding hydrogens is 396 g/mol. The molecule has 0 saturated heterocycles. The smallest absolute Gasteiger partial charge is 0.257 e. The van der Waals surface area contributed by atoms with Gasteiger partial charge in [-0.15, -0.1) is 11.3 Å². The summed E-state index contributed by atoms with van der Waals surface area (Å²) in [7, 11) is 3.91. The Balaban J connectivity index is 1.55. The van der Waals surface area contributed by atoms with Gasteiger partial charge in [-0.05, 0) is 48.5 Å². The van der Waals surface area contributed by atoms with E-state index in [2.05, 4.69) is 15.6 Å². The summed E-state index contributed by atoms with van der Waals surface area (Å²) < 4.78 is 0. The molecule has 2 N–H and O–H groups in total. The zero-order valence-corrected chi connectivity index (χ0v) is 17.0. The number of hydrogen-bond donors (Lipinski definition) is 2. The number of anilines is 3. The van der Waals surface area contributed by atoms with Gasteiger partial charge in [-0.2, -0.15) is 0 Å². The van der Waals surface area contributed by atoms with E-state index in [0.29, 0.717) is 21.4 Å². The molecule has 28 heavy (non-hydrogen) atoms. The van der Waals surface area contributed by atoms with Crippen LogP contribution in [0.4, 0.5) is 16.5 Å². The van der Waals surface area contributed by atoms with Crippen molar-refractivity contribution in [3.8, 4) is 0 Å². The molecule has 0 bridgehead atoms. The van der Waals surface area contributed by atoms with Gasteiger partial charge in [0.1, 0.15) is 0 Å². The zero-order chi connectivity index (χ0) is 20.1. The standard InChI is InChI=1S/C20H19ClN4O2S/c1-25(2)17-9-7-15(8-10-17)22-18(26)11-16-12-28-20(23-16)24-19(27)13-3-5-14(21)6-4-13/h3-10,12H,11H2,1-2H3,(H,22,26)(H,23,24,27). The Hall–Kier alpha value is -2.90. The zero-order valence-electron chi connectivity index (χ0n) is 15.4. The minimum absolute atomic E-state index is 0.128. The average molecular weight is 415 g/mol. The van der Waals surface area contributed by atoms with E-state index in [9.17, 15) is 9.59 Å². The lowest BCUT2D eigenvalue weighted by Gasteiger charge is -2.12. The lowest BCUT2D eigenvalue weighted by atomic mass is 10.2. The molecular formula is C20H19ClN4O2S. The maximum Gasteiger partial charge on any atom is 0.257 e. The molecule has 0 aliphatic carbocycles. The lowest BCUT2D eigenvalue weighted by molar-refractivity contribution is -0.115. The van der Waals surface area contributed by atoms with Crippen LogP contribution in [-0.4, -0.2) is 30.9 Å². The number of carbonyl (C=O) groups excluding carboxylic acids is 2. The van der Waals surface area contributed by atoms with Crippen molar-refractivity contribution in [1.82, 2.24) is 4.98 Å². The summed E-state index contributed by atoms with van der Waals surface area (Å²) in [5, 5.41) is 8.34. The number of hydrogen-bond acceptors (Lipinski definition) is 5. The molecule has 0 aliphatic rings. The fraction of sp³-hybridized carbons (Fsp3) is 0.150. The third kappa shape index (κ3) is 5.31. The highest BCUT2D eigenvalue weighted by molar-refractivity contribution is 7.14. The molecule has 2 amide bonds. The molecule has 8 heteroatoms. The third-order valence-corrected chi connectivity index (χ3v) is 4.95. The van der Waals surface area contributed by atoms with Crippen LogP contribution in [0.25, 0.3) is 0 Å². The Labute approximate surface area is 172 Å². The first kappa shape index (κ1) is 19.9. The fourth-order valence-corrected chi connectivity index (χ4v) is 3.26. The first-order valence-corrected chi connectivity index (χ1v) is 9.75. The highest BCUT2D eigenvalue weighted by Gasteiger charge is 2.11. The first-order valence-electron chi connectivity index (χ1n) is 8.49. The van der Waals surface area contributed by atoms with E-state index in [1.54, 1.807) is 29.6 Å². The predicted octanol–water partition coefficient (Wildman–Crippen LogP) is 4.30. The Kier molecular flexibility index (Phi) is 6.28. The van der Waals surface area contributed by atoms with Crippen LogP contribution in [0, 0.1) is 0 Å². The molecule has 144 valence electrons. The number of rotatable bonds is 6. The van der Waals surface area contributed by atoms with Crippen LogP contribution in [0.5, 0.6) is 0 Å². The number of nitrogens with zero attached hydrogens (tertiary/aromatic N) is 2. The quantitative estimate of drug-likeness (QED) is 0.630. The summed E-state index contributed by atoms with van der Waals surface area (Å²) in [5.74, 6) is -0.443. The van der Waals surface area contributed by atoms with E-state index in [1.165, 1.54) is 11.3 Å². The number of amides is 2. The molecule has 0 atom stereocenters. The second-order valence-electron chi connectivity index (χ2n) is 6.27. The summed E-state index contributed by atoms with van der Waals surface area (Å²) in [5.41, 5.74) is 2.86. The average Bonchev–Trinajstić information content (AvgIpc) is 3.09. The van der Waals surface area contributed by atoms with Crippen molar-refractivity contribution in [3.63, 3.8) is 0 Å². The van der Waals surface area contributed by atoms with Gasteiger partial charge in [0, 0.05) is 41.4 Å². The number of carbonyl (C=O) groups is 2. The number of benzene rings is 2. The summed E-state index contributed by atoms with van der Waals surface area (Å²) in [6.07, 6.45) is 0.128. The van der Waals surface area contributed by atoms with Crippen molar-refractivity contribution in [2.75, 3.05) is 29.6 Å². The molecule has 3 rings (SSSR count). The molecule has 6 nitrogen and oxygen atoms in total. The highest BCUT2D eigenvalue weighted by Crippen LogP contribution is 2.19. The van der Waals surface area contributed by atoms with E-state index in [-0.39, 0.29) is 18.2 Å². The van der Waals surface area contributed by atoms with E-state index in [0.717, 1.165) is 11.4 Å². The van der Waals surface area contributed by atoms with Gasteiger partial charge < -0.3 is 10.2 Å². The van der Waals surface area contributed by atoms with Crippen molar-refractivity contribution >= 4 is 51.3 Å². The van der Waals surface area contributed by atoms with Crippen LogP contribution < -0.4 is 15.5 Å². The minimum Gasteiger partial charge on any atom is -0.378 e. The van der Waals surface area contributed by atoms with Gasteiger partial charge in [0.2, 0.25) is 5.91 Å².